The van der Waals surface area contributed by atoms with Gasteiger partial charge in [-0.25, -0.2) is 0 Å². The molecule has 0 aromatic rings. The maximum absolute atomic E-state index is 12.3. The fourth-order valence-electron chi connectivity index (χ4n) is 2.44. The van der Waals surface area contributed by atoms with E-state index in [2.05, 4.69) is 32.2 Å². The second kappa shape index (κ2) is 6.22. The van der Waals surface area contributed by atoms with Crippen molar-refractivity contribution in [1.82, 2.24) is 5.32 Å². The van der Waals surface area contributed by atoms with Crippen LogP contribution >= 0.6 is 0 Å². The highest BCUT2D eigenvalue weighted by atomic mass is 16.2. The first-order chi connectivity index (χ1) is 8.40. The van der Waals surface area contributed by atoms with Gasteiger partial charge < -0.3 is 5.32 Å². The van der Waals surface area contributed by atoms with Crippen LogP contribution in [0.4, 0.5) is 0 Å². The molecular formula is C15H26N2O. The van der Waals surface area contributed by atoms with Gasteiger partial charge in [-0.2, -0.15) is 5.26 Å². The first-order valence-corrected chi connectivity index (χ1v) is 7.09. The summed E-state index contributed by atoms with van der Waals surface area (Å²) in [7, 11) is 0. The van der Waals surface area contributed by atoms with E-state index in [9.17, 15) is 10.1 Å². The van der Waals surface area contributed by atoms with Crippen molar-refractivity contribution in [2.45, 2.75) is 65.7 Å². The van der Waals surface area contributed by atoms with Crippen LogP contribution in [0.1, 0.15) is 65.7 Å². The zero-order valence-corrected chi connectivity index (χ0v) is 12.0. The van der Waals surface area contributed by atoms with Crippen LogP contribution in [0.25, 0.3) is 0 Å². The Morgan fingerprint density at radius 1 is 1.22 bits per heavy atom. The number of nitrogens with zero attached hydrogens (tertiary/aromatic N) is 1. The van der Waals surface area contributed by atoms with E-state index < -0.39 is 5.41 Å². The Morgan fingerprint density at radius 3 is 2.22 bits per heavy atom. The van der Waals surface area contributed by atoms with Gasteiger partial charge in [-0.15, -0.1) is 0 Å². The zero-order chi connectivity index (χ0) is 13.6. The number of nitriles is 1. The molecule has 3 heteroatoms. The molecule has 0 aliphatic heterocycles. The number of nitrogens with one attached hydrogen (secondary N) is 1. The van der Waals surface area contributed by atoms with E-state index >= 15 is 0 Å². The molecule has 0 bridgehead atoms. The molecule has 1 aliphatic carbocycles. The van der Waals surface area contributed by atoms with Crippen molar-refractivity contribution in [1.29, 1.82) is 5.26 Å². The second-order valence-electron chi connectivity index (χ2n) is 6.67. The first-order valence-electron chi connectivity index (χ1n) is 7.09. The average molecular weight is 250 g/mol. The number of hydrogen-bond acceptors (Lipinski definition) is 2. The van der Waals surface area contributed by atoms with Gasteiger partial charge in [-0.05, 0) is 24.7 Å². The Morgan fingerprint density at radius 2 is 1.78 bits per heavy atom. The molecule has 1 rings (SSSR count). The van der Waals surface area contributed by atoms with Crippen molar-refractivity contribution in [3.05, 3.63) is 0 Å². The molecule has 1 fully saturated rings. The SMILES string of the molecule is CC(C)(C)CCNC(=O)C1(C#N)CCCCCC1. The molecule has 0 radical (unpaired) electrons. The highest BCUT2D eigenvalue weighted by molar-refractivity contribution is 5.85. The molecule has 0 saturated heterocycles. The topological polar surface area (TPSA) is 52.9 Å². The molecule has 3 nitrogen and oxygen atoms in total. The van der Waals surface area contributed by atoms with Crippen LogP contribution in [0, 0.1) is 22.2 Å². The number of carbonyl (C=O) groups is 1. The maximum Gasteiger partial charge on any atom is 0.240 e. The first kappa shape index (κ1) is 15.0. The van der Waals surface area contributed by atoms with Crippen LogP contribution in [-0.2, 0) is 4.79 Å². The van der Waals surface area contributed by atoms with Gasteiger partial charge in [-0.1, -0.05) is 46.5 Å². The average Bonchev–Trinajstić information content (AvgIpc) is 2.53. The number of rotatable bonds is 3. The van der Waals surface area contributed by atoms with Gasteiger partial charge >= 0.3 is 0 Å². The lowest BCUT2D eigenvalue weighted by molar-refractivity contribution is -0.128. The number of amides is 1. The van der Waals surface area contributed by atoms with Gasteiger partial charge in [0, 0.05) is 6.54 Å². The molecule has 1 N–H and O–H groups in total. The molecular weight excluding hydrogens is 224 g/mol. The molecule has 18 heavy (non-hydrogen) atoms. The van der Waals surface area contributed by atoms with Gasteiger partial charge in [0.05, 0.1) is 6.07 Å². The Bertz CT molecular complexity index is 314. The lowest BCUT2D eigenvalue weighted by Gasteiger charge is -2.25. The van der Waals surface area contributed by atoms with E-state index in [1.165, 1.54) is 0 Å². The van der Waals surface area contributed by atoms with Crippen molar-refractivity contribution >= 4 is 5.91 Å². The van der Waals surface area contributed by atoms with Gasteiger partial charge in [0.15, 0.2) is 0 Å². The Labute approximate surface area is 111 Å². The summed E-state index contributed by atoms with van der Waals surface area (Å²) in [4.78, 5) is 12.3. The van der Waals surface area contributed by atoms with Crippen LogP contribution in [-0.4, -0.2) is 12.5 Å². The fraction of sp³-hybridized carbons (Fsp3) is 0.867. The van der Waals surface area contributed by atoms with E-state index in [-0.39, 0.29) is 11.3 Å². The third kappa shape index (κ3) is 4.33. The largest absolute Gasteiger partial charge is 0.355 e. The van der Waals surface area contributed by atoms with Gasteiger partial charge in [0.2, 0.25) is 5.91 Å². The smallest absolute Gasteiger partial charge is 0.240 e. The summed E-state index contributed by atoms with van der Waals surface area (Å²) < 4.78 is 0. The van der Waals surface area contributed by atoms with E-state index in [4.69, 9.17) is 0 Å². The van der Waals surface area contributed by atoms with Gasteiger partial charge in [0.25, 0.3) is 0 Å². The molecule has 0 spiro atoms. The Balaban J connectivity index is 2.54. The molecule has 0 aromatic carbocycles. The minimum atomic E-state index is -0.756. The normalized spacial score (nSPS) is 19.7. The fourth-order valence-corrected chi connectivity index (χ4v) is 2.44. The summed E-state index contributed by atoms with van der Waals surface area (Å²) >= 11 is 0. The molecule has 0 atom stereocenters. The third-order valence-corrected chi connectivity index (χ3v) is 3.77. The van der Waals surface area contributed by atoms with Crippen LogP contribution in [0.3, 0.4) is 0 Å². The van der Waals surface area contributed by atoms with Crippen molar-refractivity contribution < 1.29 is 4.79 Å². The maximum atomic E-state index is 12.3. The van der Waals surface area contributed by atoms with Crippen LogP contribution in [0.15, 0.2) is 0 Å². The summed E-state index contributed by atoms with van der Waals surface area (Å²) in [6.45, 7) is 7.15. The molecule has 0 aromatic heterocycles. The van der Waals surface area contributed by atoms with Gasteiger partial charge in [0.1, 0.15) is 5.41 Å². The monoisotopic (exact) mass is 250 g/mol. The summed E-state index contributed by atoms with van der Waals surface area (Å²) in [6.07, 6.45) is 6.70. The third-order valence-electron chi connectivity index (χ3n) is 3.77. The number of hydrogen-bond donors (Lipinski definition) is 1. The summed E-state index contributed by atoms with van der Waals surface area (Å²) in [6, 6.07) is 2.29. The lowest BCUT2D eigenvalue weighted by atomic mass is 9.81. The highest BCUT2D eigenvalue weighted by Crippen LogP contribution is 2.34. The van der Waals surface area contributed by atoms with Gasteiger partial charge in [-0.3, -0.25) is 4.79 Å². The summed E-state index contributed by atoms with van der Waals surface area (Å²) in [5.74, 6) is -0.0452. The van der Waals surface area contributed by atoms with Crippen LogP contribution in [0.2, 0.25) is 0 Å². The highest BCUT2D eigenvalue weighted by Gasteiger charge is 2.38. The predicted molar refractivity (Wildman–Crippen MR) is 72.8 cm³/mol. The minimum Gasteiger partial charge on any atom is -0.355 e. The molecule has 1 aliphatic rings. The summed E-state index contributed by atoms with van der Waals surface area (Å²) in [5, 5.41) is 12.4. The zero-order valence-electron chi connectivity index (χ0n) is 12.0. The van der Waals surface area contributed by atoms with Crippen molar-refractivity contribution in [3.8, 4) is 6.07 Å². The quantitative estimate of drug-likeness (QED) is 0.780. The minimum absolute atomic E-state index is 0.0452. The Hall–Kier alpha value is -1.04. The van der Waals surface area contributed by atoms with Crippen molar-refractivity contribution in [2.24, 2.45) is 10.8 Å². The predicted octanol–water partition coefficient (Wildman–Crippen LogP) is 3.40. The van der Waals surface area contributed by atoms with Crippen LogP contribution < -0.4 is 5.32 Å². The Kier molecular flexibility index (Phi) is 5.19. The van der Waals surface area contributed by atoms with Crippen molar-refractivity contribution in [2.75, 3.05) is 6.54 Å². The standard InChI is InChI=1S/C15H26N2O/c1-14(2,3)10-11-17-13(18)15(12-16)8-6-4-5-7-9-15/h4-11H2,1-3H3,(H,17,18). The van der Waals surface area contributed by atoms with E-state index in [0.29, 0.717) is 6.54 Å². The van der Waals surface area contributed by atoms with E-state index in [1.807, 2.05) is 0 Å². The number of carbonyl (C=O) groups excluding carboxylic acids is 1. The molecule has 0 heterocycles. The molecule has 102 valence electrons. The second-order valence-corrected chi connectivity index (χ2v) is 6.67. The molecule has 1 amide bonds. The summed E-state index contributed by atoms with van der Waals surface area (Å²) in [5.41, 5.74) is -0.537. The molecule has 1 saturated carbocycles. The lowest BCUT2D eigenvalue weighted by Crippen LogP contribution is -2.41. The van der Waals surface area contributed by atoms with E-state index in [0.717, 1.165) is 44.9 Å². The van der Waals surface area contributed by atoms with Crippen LogP contribution in [0.5, 0.6) is 0 Å². The molecule has 0 unspecified atom stereocenters. The van der Waals surface area contributed by atoms with E-state index in [1.54, 1.807) is 0 Å². The van der Waals surface area contributed by atoms with Crippen molar-refractivity contribution in [3.63, 3.8) is 0 Å².